The van der Waals surface area contributed by atoms with Crippen LogP contribution in [0.3, 0.4) is 0 Å². The van der Waals surface area contributed by atoms with Gasteiger partial charge in [-0.25, -0.2) is 0 Å². The zero-order valence-corrected chi connectivity index (χ0v) is 19.5. The van der Waals surface area contributed by atoms with Gasteiger partial charge in [-0.3, -0.25) is 9.59 Å². The second kappa shape index (κ2) is 13.8. The zero-order valence-electron chi connectivity index (χ0n) is 19.5. The van der Waals surface area contributed by atoms with Crippen molar-refractivity contribution in [2.75, 3.05) is 20.8 Å². The van der Waals surface area contributed by atoms with E-state index in [1.165, 1.54) is 5.56 Å². The number of aryl methyl sites for hydroxylation is 1. The Hall–Kier alpha value is -3.55. The number of ether oxygens (including phenoxy) is 3. The molecule has 8 heteroatoms. The Labute approximate surface area is 195 Å². The highest BCUT2D eigenvalue weighted by Crippen LogP contribution is 2.28. The molecule has 0 bridgehead atoms. The molecule has 2 aromatic carbocycles. The van der Waals surface area contributed by atoms with Crippen molar-refractivity contribution < 1.29 is 23.8 Å². The van der Waals surface area contributed by atoms with Gasteiger partial charge in [0, 0.05) is 12.5 Å². The molecule has 0 aromatic heterocycles. The smallest absolute Gasteiger partial charge is 0.308 e. The molecule has 8 nitrogen and oxygen atoms in total. The summed E-state index contributed by atoms with van der Waals surface area (Å²) in [5, 5.41) is 6.48. The van der Waals surface area contributed by atoms with Crippen LogP contribution in [-0.2, 0) is 20.7 Å². The van der Waals surface area contributed by atoms with Crippen molar-refractivity contribution in [1.82, 2.24) is 5.32 Å². The first kappa shape index (κ1) is 25.7. The monoisotopic (exact) mass is 455 g/mol. The van der Waals surface area contributed by atoms with Crippen LogP contribution in [0.25, 0.3) is 0 Å². The molecule has 0 aliphatic rings. The molecule has 33 heavy (non-hydrogen) atoms. The van der Waals surface area contributed by atoms with Gasteiger partial charge in [-0.1, -0.05) is 24.3 Å². The maximum atomic E-state index is 12.7. The maximum absolute atomic E-state index is 12.7. The fraction of sp³-hybridized carbons (Fsp3) is 0.400. The predicted molar refractivity (Wildman–Crippen MR) is 127 cm³/mol. The Morgan fingerprint density at radius 3 is 2.30 bits per heavy atom. The number of rotatable bonds is 13. The summed E-state index contributed by atoms with van der Waals surface area (Å²) in [7, 11) is 3.10. The summed E-state index contributed by atoms with van der Waals surface area (Å²) in [6, 6.07) is 12.7. The summed E-state index contributed by atoms with van der Waals surface area (Å²) in [5.41, 5.74) is 2.85. The molecule has 0 fully saturated rings. The number of carbonyl (C=O) groups excluding carboxylic acids is 2. The predicted octanol–water partition coefficient (Wildman–Crippen LogP) is 3.52. The van der Waals surface area contributed by atoms with Crippen molar-refractivity contribution in [1.29, 1.82) is 0 Å². The molecule has 178 valence electrons. The third-order valence-corrected chi connectivity index (χ3v) is 5.11. The minimum atomic E-state index is -0.544. The summed E-state index contributed by atoms with van der Waals surface area (Å²) in [6.45, 7) is 2.03. The van der Waals surface area contributed by atoms with E-state index >= 15 is 0 Å². The van der Waals surface area contributed by atoms with E-state index in [9.17, 15) is 9.59 Å². The molecule has 2 aromatic rings. The third-order valence-electron chi connectivity index (χ3n) is 5.11. The lowest BCUT2D eigenvalue weighted by Gasteiger charge is -2.20. The minimum absolute atomic E-state index is 0.0222. The first-order valence-corrected chi connectivity index (χ1v) is 11.0. The van der Waals surface area contributed by atoms with Crippen LogP contribution < -0.4 is 20.6 Å². The number of hydrogen-bond donors (Lipinski definition) is 2. The van der Waals surface area contributed by atoms with Gasteiger partial charge >= 0.3 is 5.97 Å². The number of unbranched alkanes of at least 4 members (excludes halogenated alkanes) is 1. The van der Waals surface area contributed by atoms with E-state index in [1.807, 2.05) is 24.3 Å². The molecule has 0 aliphatic heterocycles. The highest BCUT2D eigenvalue weighted by atomic mass is 16.5. The number of nitrogens with two attached hydrogens (primary N) is 1. The largest absolute Gasteiger partial charge is 0.497 e. The van der Waals surface area contributed by atoms with Gasteiger partial charge in [-0.15, -0.1) is 0 Å². The normalized spacial score (nSPS) is 11.7. The van der Waals surface area contributed by atoms with Gasteiger partial charge in [0.15, 0.2) is 0 Å². The lowest BCUT2D eigenvalue weighted by atomic mass is 10.0. The molecular weight excluding hydrogens is 422 g/mol. The number of esters is 1. The van der Waals surface area contributed by atoms with Gasteiger partial charge in [0.1, 0.15) is 11.5 Å². The lowest BCUT2D eigenvalue weighted by Crippen LogP contribution is -2.30. The Balaban J connectivity index is 1.96. The molecule has 1 unspecified atom stereocenters. The van der Waals surface area contributed by atoms with Crippen molar-refractivity contribution in [3.63, 3.8) is 0 Å². The molecule has 0 radical (unpaired) electrons. The van der Waals surface area contributed by atoms with Gasteiger partial charge in [0.25, 0.3) is 0 Å². The number of amides is 1. The summed E-state index contributed by atoms with van der Waals surface area (Å²) < 4.78 is 15.7. The number of carbonyl (C=O) groups is 2. The van der Waals surface area contributed by atoms with E-state index < -0.39 is 6.04 Å². The van der Waals surface area contributed by atoms with E-state index in [-0.39, 0.29) is 24.9 Å². The average Bonchev–Trinajstić information content (AvgIpc) is 2.82. The molecule has 1 atom stereocenters. The standard InChI is InChI=1S/C25H33N3O5/c1-4-33-25(30)16-23(20-13-21(31-2)15-22(14-20)32-3)28-24(29)8-6-5-7-18-9-11-19(12-10-18)17-27-26/h9-15,17,23H,4-8,16,26H2,1-3H3,(H,28,29). The van der Waals surface area contributed by atoms with Gasteiger partial charge in [0.05, 0.1) is 39.5 Å². The van der Waals surface area contributed by atoms with Gasteiger partial charge in [0.2, 0.25) is 5.91 Å². The van der Waals surface area contributed by atoms with Crippen LogP contribution in [0.5, 0.6) is 11.5 Å². The maximum Gasteiger partial charge on any atom is 0.308 e. The Bertz CT molecular complexity index is 906. The van der Waals surface area contributed by atoms with Crippen LogP contribution in [0.15, 0.2) is 47.6 Å². The summed E-state index contributed by atoms with van der Waals surface area (Å²) in [6.07, 6.45) is 4.44. The highest BCUT2D eigenvalue weighted by Gasteiger charge is 2.21. The van der Waals surface area contributed by atoms with Crippen molar-refractivity contribution in [2.45, 2.75) is 45.1 Å². The minimum Gasteiger partial charge on any atom is -0.497 e. The second-order valence-corrected chi connectivity index (χ2v) is 7.50. The van der Waals surface area contributed by atoms with E-state index in [2.05, 4.69) is 10.4 Å². The number of methoxy groups -OCH3 is 2. The van der Waals surface area contributed by atoms with E-state index in [1.54, 1.807) is 45.6 Å². The third kappa shape index (κ3) is 8.84. The topological polar surface area (TPSA) is 112 Å². The molecule has 3 N–H and O–H groups in total. The van der Waals surface area contributed by atoms with Gasteiger partial charge in [-0.05, 0) is 55.0 Å². The van der Waals surface area contributed by atoms with Crippen molar-refractivity contribution in [3.05, 3.63) is 59.2 Å². The summed E-state index contributed by atoms with van der Waals surface area (Å²) in [4.78, 5) is 24.8. The number of benzene rings is 2. The van der Waals surface area contributed by atoms with Crippen LogP contribution in [0.1, 0.15) is 55.3 Å². The zero-order chi connectivity index (χ0) is 24.1. The molecule has 0 heterocycles. The van der Waals surface area contributed by atoms with Crippen molar-refractivity contribution >= 4 is 18.1 Å². The van der Waals surface area contributed by atoms with E-state index in [0.29, 0.717) is 23.5 Å². The number of nitrogens with one attached hydrogen (secondary N) is 1. The lowest BCUT2D eigenvalue weighted by molar-refractivity contribution is -0.143. The molecule has 0 saturated carbocycles. The van der Waals surface area contributed by atoms with Crippen LogP contribution in [0.4, 0.5) is 0 Å². The van der Waals surface area contributed by atoms with Gasteiger partial charge < -0.3 is 25.4 Å². The van der Waals surface area contributed by atoms with Crippen LogP contribution in [0, 0.1) is 0 Å². The first-order valence-electron chi connectivity index (χ1n) is 11.0. The van der Waals surface area contributed by atoms with Gasteiger partial charge in [-0.2, -0.15) is 5.10 Å². The highest BCUT2D eigenvalue weighted by molar-refractivity contribution is 5.79. The molecule has 1 amide bonds. The molecule has 0 aliphatic carbocycles. The van der Waals surface area contributed by atoms with Crippen molar-refractivity contribution in [2.24, 2.45) is 10.9 Å². The average molecular weight is 456 g/mol. The quantitative estimate of drug-likeness (QED) is 0.157. The van der Waals surface area contributed by atoms with E-state index in [0.717, 1.165) is 24.8 Å². The second-order valence-electron chi connectivity index (χ2n) is 7.50. The van der Waals surface area contributed by atoms with Crippen LogP contribution >= 0.6 is 0 Å². The van der Waals surface area contributed by atoms with Crippen molar-refractivity contribution in [3.8, 4) is 11.5 Å². The van der Waals surface area contributed by atoms with E-state index in [4.69, 9.17) is 20.1 Å². The summed E-state index contributed by atoms with van der Waals surface area (Å²) >= 11 is 0. The number of hydrazone groups is 1. The SMILES string of the molecule is CCOC(=O)CC(NC(=O)CCCCc1ccc(C=NN)cc1)c1cc(OC)cc(OC)c1. The molecular formula is C25H33N3O5. The summed E-state index contributed by atoms with van der Waals surface area (Å²) in [5.74, 6) is 5.81. The fourth-order valence-corrected chi connectivity index (χ4v) is 3.41. The fourth-order valence-electron chi connectivity index (χ4n) is 3.41. The Morgan fingerprint density at radius 1 is 1.06 bits per heavy atom. The Morgan fingerprint density at radius 2 is 1.73 bits per heavy atom. The first-order chi connectivity index (χ1) is 16.0. The van der Waals surface area contributed by atoms with Crippen LogP contribution in [-0.4, -0.2) is 38.9 Å². The number of nitrogens with zero attached hydrogens (tertiary/aromatic N) is 1. The number of hydrogen-bond acceptors (Lipinski definition) is 7. The molecule has 2 rings (SSSR count). The Kier molecular flexibility index (Phi) is 10.7. The molecule has 0 spiro atoms. The van der Waals surface area contributed by atoms with Crippen LogP contribution in [0.2, 0.25) is 0 Å². The molecule has 0 saturated heterocycles.